The van der Waals surface area contributed by atoms with Gasteiger partial charge in [-0.3, -0.25) is 0 Å². The van der Waals surface area contributed by atoms with Gasteiger partial charge in [0.2, 0.25) is 0 Å². The van der Waals surface area contributed by atoms with E-state index in [0.717, 1.165) is 43.6 Å². The number of rotatable bonds is 6. The molecular formula is C39H56N2O5. The molecule has 0 bridgehead atoms. The minimum atomic E-state index is -0.341. The Morgan fingerprint density at radius 3 is 1.76 bits per heavy atom. The smallest absolute Gasteiger partial charge is 0.135 e. The van der Waals surface area contributed by atoms with Crippen LogP contribution in [0, 0.1) is 25.7 Å². The highest BCUT2D eigenvalue weighted by molar-refractivity contribution is 5.58. The van der Waals surface area contributed by atoms with Crippen molar-refractivity contribution in [2.45, 2.75) is 114 Å². The van der Waals surface area contributed by atoms with Crippen LogP contribution < -0.4 is 9.47 Å². The highest BCUT2D eigenvalue weighted by atomic mass is 16.6. The van der Waals surface area contributed by atoms with E-state index in [1.165, 1.54) is 39.8 Å². The fraction of sp³-hybridized carbons (Fsp3) is 0.692. The van der Waals surface area contributed by atoms with E-state index in [-0.39, 0.29) is 35.2 Å². The molecule has 2 saturated carbocycles. The van der Waals surface area contributed by atoms with E-state index in [2.05, 4.69) is 90.0 Å². The van der Waals surface area contributed by atoms with Gasteiger partial charge >= 0.3 is 0 Å². The van der Waals surface area contributed by atoms with Gasteiger partial charge in [-0.1, -0.05) is 38.1 Å². The van der Waals surface area contributed by atoms with Gasteiger partial charge in [-0.05, 0) is 115 Å². The van der Waals surface area contributed by atoms with E-state index >= 15 is 0 Å². The van der Waals surface area contributed by atoms with Gasteiger partial charge in [-0.15, -0.1) is 0 Å². The van der Waals surface area contributed by atoms with Crippen molar-refractivity contribution in [3.63, 3.8) is 0 Å². The summed E-state index contributed by atoms with van der Waals surface area (Å²) >= 11 is 0. The molecule has 0 amide bonds. The van der Waals surface area contributed by atoms with Crippen LogP contribution in [0.3, 0.4) is 0 Å². The maximum Gasteiger partial charge on any atom is 0.135 e. The number of aryl methyl sites for hydroxylation is 2. The number of nitrogens with zero attached hydrogens (tertiary/aromatic N) is 2. The second-order valence-corrected chi connectivity index (χ2v) is 15.9. The van der Waals surface area contributed by atoms with E-state index < -0.39 is 0 Å². The first-order valence-electron chi connectivity index (χ1n) is 17.6. The van der Waals surface area contributed by atoms with E-state index in [0.29, 0.717) is 37.1 Å². The number of aliphatic hydroxyl groups excluding tert-OH is 1. The predicted molar refractivity (Wildman–Crippen MR) is 181 cm³/mol. The zero-order valence-corrected chi connectivity index (χ0v) is 29.6. The average Bonchev–Trinajstić information content (AvgIpc) is 3.53. The van der Waals surface area contributed by atoms with E-state index in [1.54, 1.807) is 7.11 Å². The van der Waals surface area contributed by atoms with Gasteiger partial charge in [0.1, 0.15) is 23.7 Å². The van der Waals surface area contributed by atoms with Crippen LogP contribution in [0.4, 0.5) is 0 Å². The molecule has 10 atom stereocenters. The third-order valence-electron chi connectivity index (χ3n) is 13.1. The predicted octanol–water partition coefficient (Wildman–Crippen LogP) is 5.21. The highest BCUT2D eigenvalue weighted by Gasteiger charge is 2.62. The molecule has 2 aliphatic heterocycles. The van der Waals surface area contributed by atoms with Gasteiger partial charge in [-0.25, -0.2) is 0 Å². The molecule has 4 aliphatic carbocycles. The molecule has 0 radical (unpaired) electrons. The summed E-state index contributed by atoms with van der Waals surface area (Å²) in [6, 6.07) is 10.1. The molecule has 0 aromatic heterocycles. The Labute approximate surface area is 276 Å². The van der Waals surface area contributed by atoms with Crippen molar-refractivity contribution in [1.29, 1.82) is 0 Å². The molecule has 46 heavy (non-hydrogen) atoms. The van der Waals surface area contributed by atoms with Crippen LogP contribution in [0.1, 0.15) is 72.9 Å². The number of likely N-dealkylation sites (N-methyl/N-ethyl adjacent to an activating group) is 2. The van der Waals surface area contributed by atoms with Crippen LogP contribution >= 0.6 is 0 Å². The molecule has 8 rings (SSSR count). The number of hydrogen-bond acceptors (Lipinski definition) is 7. The van der Waals surface area contributed by atoms with Crippen LogP contribution in [0.25, 0.3) is 0 Å². The number of ether oxygens (including phenoxy) is 4. The number of hydrogen-bond donors (Lipinski definition) is 1. The third kappa shape index (κ3) is 4.62. The van der Waals surface area contributed by atoms with Gasteiger partial charge in [0.05, 0.1) is 25.4 Å². The van der Waals surface area contributed by atoms with Crippen molar-refractivity contribution in [2.24, 2.45) is 11.8 Å². The molecule has 252 valence electrons. The van der Waals surface area contributed by atoms with Crippen molar-refractivity contribution in [3.8, 4) is 11.5 Å². The summed E-state index contributed by atoms with van der Waals surface area (Å²) in [7, 11) is 10.5. The Morgan fingerprint density at radius 2 is 1.24 bits per heavy atom. The van der Waals surface area contributed by atoms with E-state index in [1.807, 2.05) is 0 Å². The monoisotopic (exact) mass is 632 g/mol. The molecule has 2 aromatic carbocycles. The summed E-state index contributed by atoms with van der Waals surface area (Å²) in [6.45, 7) is 10.3. The fourth-order valence-electron chi connectivity index (χ4n) is 10.9. The van der Waals surface area contributed by atoms with Crippen molar-refractivity contribution in [3.05, 3.63) is 57.6 Å². The van der Waals surface area contributed by atoms with Crippen LogP contribution in [0.5, 0.6) is 11.5 Å². The van der Waals surface area contributed by atoms with Gasteiger partial charge in [0.25, 0.3) is 0 Å². The molecular weight excluding hydrogens is 576 g/mol. The van der Waals surface area contributed by atoms with E-state index in [9.17, 15) is 5.11 Å². The molecule has 2 fully saturated rings. The van der Waals surface area contributed by atoms with Gasteiger partial charge < -0.3 is 33.9 Å². The number of benzene rings is 2. The standard InChI is InChI=1S/C21H31NO3.C18H25NO2/c1-13-6-7-14-12-16(22(3)4)15-8-9-17(24-11-10-23-5)20-21(15,2)18(14)19(13)25-20;1-10-5-6-11-9-13(19(3)4)12-7-8-14(20)17-18(12,2)15(11)16(10)21-17/h6-7,15-17,20H,8-12H2,1-5H3;5-6,12-14,17,20H,7-9H2,1-4H3/t15?,16-,17+,20+,21+;12?,13-,14+,17+,18+/m11/s1. The Kier molecular flexibility index (Phi) is 8.28. The molecule has 0 saturated heterocycles. The first-order chi connectivity index (χ1) is 21.9. The molecule has 7 heteroatoms. The lowest BCUT2D eigenvalue weighted by atomic mass is 9.55. The Morgan fingerprint density at radius 1 is 0.739 bits per heavy atom. The zero-order valence-electron chi connectivity index (χ0n) is 29.6. The lowest BCUT2D eigenvalue weighted by Crippen LogP contribution is -2.61. The Balaban J connectivity index is 0.000000149. The molecule has 2 aromatic rings. The topological polar surface area (TPSA) is 63.6 Å². The van der Waals surface area contributed by atoms with Gasteiger partial charge in [0, 0.05) is 41.2 Å². The SMILES string of the molecule is COCCO[C@H]1CCC2[C@H](N(C)C)Cc3ccc(C)c4c3[C@@]2(C)[C@H]1O4.Cc1ccc2c3c1O[C@H]1[C@@H](O)CCC([C@H](N(C)C)C2)[C@@]31C. The number of aliphatic hydroxyl groups is 1. The minimum absolute atomic E-state index is 0.0401. The van der Waals surface area contributed by atoms with Crippen molar-refractivity contribution >= 4 is 0 Å². The largest absolute Gasteiger partial charge is 0.486 e. The summed E-state index contributed by atoms with van der Waals surface area (Å²) in [4.78, 5) is 4.78. The molecule has 6 aliphatic rings. The molecule has 1 N–H and O–H groups in total. The third-order valence-corrected chi connectivity index (χ3v) is 13.1. The Hall–Kier alpha value is -2.16. The summed E-state index contributed by atoms with van der Waals surface area (Å²) in [5, 5.41) is 10.5. The lowest BCUT2D eigenvalue weighted by molar-refractivity contribution is -0.104. The summed E-state index contributed by atoms with van der Waals surface area (Å²) in [6.07, 6.45) is 6.29. The quantitative estimate of drug-likeness (QED) is 0.439. The fourth-order valence-corrected chi connectivity index (χ4v) is 10.9. The van der Waals surface area contributed by atoms with Crippen LogP contribution in [0.2, 0.25) is 0 Å². The van der Waals surface area contributed by atoms with Crippen LogP contribution in [-0.4, -0.2) is 99.9 Å². The maximum absolute atomic E-state index is 10.5. The second kappa shape index (κ2) is 11.8. The maximum atomic E-state index is 10.5. The first kappa shape index (κ1) is 32.4. The lowest BCUT2D eigenvalue weighted by Gasteiger charge is -2.53. The Bertz CT molecular complexity index is 1470. The van der Waals surface area contributed by atoms with Gasteiger partial charge in [-0.2, -0.15) is 0 Å². The molecule has 7 nitrogen and oxygen atoms in total. The van der Waals surface area contributed by atoms with Crippen molar-refractivity contribution in [1.82, 2.24) is 9.80 Å². The van der Waals surface area contributed by atoms with Crippen molar-refractivity contribution in [2.75, 3.05) is 48.5 Å². The number of methoxy groups -OCH3 is 1. The van der Waals surface area contributed by atoms with Crippen molar-refractivity contribution < 1.29 is 24.1 Å². The van der Waals surface area contributed by atoms with Crippen LogP contribution in [-0.2, 0) is 33.1 Å². The van der Waals surface area contributed by atoms with Gasteiger partial charge in [0.15, 0.2) is 0 Å². The van der Waals surface area contributed by atoms with Crippen LogP contribution in [0.15, 0.2) is 24.3 Å². The zero-order chi connectivity index (χ0) is 32.7. The van der Waals surface area contributed by atoms with E-state index in [4.69, 9.17) is 18.9 Å². The molecule has 2 unspecified atom stereocenters. The first-order valence-corrected chi connectivity index (χ1v) is 17.6. The molecule has 0 spiro atoms. The average molecular weight is 633 g/mol. The summed E-state index contributed by atoms with van der Waals surface area (Å²) in [5.41, 5.74) is 8.23. The highest BCUT2D eigenvalue weighted by Crippen LogP contribution is 2.61. The summed E-state index contributed by atoms with van der Waals surface area (Å²) < 4.78 is 24.3. The molecule has 2 heterocycles. The normalized spacial score (nSPS) is 37.7. The second-order valence-electron chi connectivity index (χ2n) is 15.9. The minimum Gasteiger partial charge on any atom is -0.486 e. The summed E-state index contributed by atoms with van der Waals surface area (Å²) in [5.74, 6) is 3.37.